The van der Waals surface area contributed by atoms with Crippen LogP contribution in [0.5, 0.6) is 5.75 Å². The topological polar surface area (TPSA) is 68.1 Å². The van der Waals surface area contributed by atoms with Gasteiger partial charge < -0.3 is 9.72 Å². The monoisotopic (exact) mass is 457 g/mol. The Hall–Kier alpha value is -2.80. The highest BCUT2D eigenvalue weighted by molar-refractivity contribution is 6.36. The number of hydrogen-bond donors (Lipinski definition) is 1. The van der Waals surface area contributed by atoms with E-state index in [1.165, 1.54) is 0 Å². The molecule has 6 nitrogen and oxygen atoms in total. The number of halogens is 3. The molecule has 30 heavy (non-hydrogen) atoms. The van der Waals surface area contributed by atoms with Crippen LogP contribution < -0.4 is 4.74 Å². The van der Waals surface area contributed by atoms with Crippen molar-refractivity contribution < 1.29 is 4.74 Å². The van der Waals surface area contributed by atoms with Crippen LogP contribution in [0.15, 0.2) is 48.7 Å². The first-order chi connectivity index (χ1) is 14.5. The number of ether oxygens (including phenoxy) is 1. The molecule has 0 fully saturated rings. The molecule has 0 spiro atoms. The first-order valence-electron chi connectivity index (χ1n) is 9.03. The van der Waals surface area contributed by atoms with Crippen LogP contribution in [0.2, 0.25) is 15.2 Å². The summed E-state index contributed by atoms with van der Waals surface area (Å²) in [4.78, 5) is 16.7. The number of aromatic nitrogens is 5. The Morgan fingerprint density at radius 2 is 1.87 bits per heavy atom. The standard InChI is InChI=1S/C21H14Cl3N5O/c1-30-17-9-13(22)12(8-14(17)23)16-3-2-4-20-25-11(10-29(16)20)7-19-26-15-5-6-18(24)27-21(15)28-19/h2-6,8-10H,7H2,1H3,(H,26,27,28). The number of methoxy groups -OCH3 is 1. The molecule has 150 valence electrons. The average Bonchev–Trinajstić information content (AvgIpc) is 3.31. The van der Waals surface area contributed by atoms with Gasteiger partial charge in [-0.2, -0.15) is 0 Å². The van der Waals surface area contributed by atoms with Crippen molar-refractivity contribution in [1.29, 1.82) is 0 Å². The van der Waals surface area contributed by atoms with Gasteiger partial charge in [0.05, 0.1) is 34.1 Å². The second-order valence-corrected chi connectivity index (χ2v) is 7.91. The van der Waals surface area contributed by atoms with Crippen LogP contribution in [0.25, 0.3) is 28.1 Å². The van der Waals surface area contributed by atoms with Gasteiger partial charge in [-0.05, 0) is 30.3 Å². The number of nitrogens with one attached hydrogen (secondary N) is 1. The second kappa shape index (κ2) is 7.47. The van der Waals surface area contributed by atoms with E-state index < -0.39 is 0 Å². The van der Waals surface area contributed by atoms with Crippen molar-refractivity contribution in [3.8, 4) is 17.0 Å². The Kier molecular flexibility index (Phi) is 4.77. The number of imidazole rings is 2. The number of H-pyrrole nitrogens is 1. The Labute approximate surface area is 186 Å². The van der Waals surface area contributed by atoms with Crippen molar-refractivity contribution >= 4 is 51.6 Å². The van der Waals surface area contributed by atoms with Gasteiger partial charge in [-0.15, -0.1) is 0 Å². The van der Waals surface area contributed by atoms with E-state index in [1.807, 2.05) is 34.9 Å². The maximum absolute atomic E-state index is 6.50. The number of aromatic amines is 1. The fraction of sp³-hybridized carbons (Fsp3) is 0.0952. The fourth-order valence-electron chi connectivity index (χ4n) is 3.42. The van der Waals surface area contributed by atoms with Crippen molar-refractivity contribution in [1.82, 2.24) is 24.3 Å². The van der Waals surface area contributed by atoms with Gasteiger partial charge in [-0.1, -0.05) is 40.9 Å². The summed E-state index contributed by atoms with van der Waals surface area (Å²) in [5.41, 5.74) is 4.73. The van der Waals surface area contributed by atoms with E-state index in [9.17, 15) is 0 Å². The molecule has 0 radical (unpaired) electrons. The van der Waals surface area contributed by atoms with Crippen molar-refractivity contribution in [3.63, 3.8) is 0 Å². The Morgan fingerprint density at radius 3 is 2.70 bits per heavy atom. The highest BCUT2D eigenvalue weighted by Crippen LogP contribution is 2.37. The minimum Gasteiger partial charge on any atom is -0.495 e. The molecule has 0 aliphatic carbocycles. The summed E-state index contributed by atoms with van der Waals surface area (Å²) in [6.07, 6.45) is 2.49. The molecule has 0 saturated carbocycles. The molecule has 0 atom stereocenters. The highest BCUT2D eigenvalue weighted by Gasteiger charge is 2.14. The molecule has 0 unspecified atom stereocenters. The summed E-state index contributed by atoms with van der Waals surface area (Å²) in [6.45, 7) is 0. The zero-order chi connectivity index (χ0) is 20.8. The van der Waals surface area contributed by atoms with Gasteiger partial charge in [0, 0.05) is 24.2 Å². The number of nitrogens with zero attached hydrogens (tertiary/aromatic N) is 4. The summed E-state index contributed by atoms with van der Waals surface area (Å²) in [7, 11) is 1.56. The van der Waals surface area contributed by atoms with Gasteiger partial charge in [-0.3, -0.25) is 4.40 Å². The summed E-state index contributed by atoms with van der Waals surface area (Å²) < 4.78 is 7.23. The third-order valence-electron chi connectivity index (χ3n) is 4.77. The Balaban J connectivity index is 1.56. The van der Waals surface area contributed by atoms with Gasteiger partial charge in [0.2, 0.25) is 0 Å². The first-order valence-corrected chi connectivity index (χ1v) is 10.2. The number of benzene rings is 1. The molecule has 9 heteroatoms. The van der Waals surface area contributed by atoms with Crippen molar-refractivity contribution in [3.05, 3.63) is 75.4 Å². The van der Waals surface area contributed by atoms with Crippen LogP contribution in [0, 0.1) is 0 Å². The molecule has 5 aromatic rings. The van der Waals surface area contributed by atoms with E-state index in [0.29, 0.717) is 33.0 Å². The number of pyridine rings is 2. The average molecular weight is 459 g/mol. The van der Waals surface area contributed by atoms with E-state index in [-0.39, 0.29) is 0 Å². The normalized spacial score (nSPS) is 11.5. The fourth-order valence-corrected chi connectivity index (χ4v) is 4.06. The summed E-state index contributed by atoms with van der Waals surface area (Å²) in [6, 6.07) is 12.9. The van der Waals surface area contributed by atoms with Gasteiger partial charge >= 0.3 is 0 Å². The number of hydrogen-bond acceptors (Lipinski definition) is 4. The predicted molar refractivity (Wildman–Crippen MR) is 119 cm³/mol. The predicted octanol–water partition coefficient (Wildman–Crippen LogP) is 5.83. The SMILES string of the molecule is COc1cc(Cl)c(-c2cccc3nc(Cc4nc5nc(Cl)ccc5[nH]4)cn23)cc1Cl. The van der Waals surface area contributed by atoms with Crippen molar-refractivity contribution in [2.75, 3.05) is 7.11 Å². The smallest absolute Gasteiger partial charge is 0.179 e. The molecule has 4 aromatic heterocycles. The van der Waals surface area contributed by atoms with Gasteiger partial charge in [-0.25, -0.2) is 15.0 Å². The lowest BCUT2D eigenvalue weighted by Gasteiger charge is -2.11. The van der Waals surface area contributed by atoms with Crippen LogP contribution in [-0.2, 0) is 6.42 Å². The zero-order valence-corrected chi connectivity index (χ0v) is 17.9. The van der Waals surface area contributed by atoms with Crippen LogP contribution in [-0.4, -0.2) is 31.4 Å². The maximum Gasteiger partial charge on any atom is 0.179 e. The molecule has 4 heterocycles. The molecule has 1 N–H and O–H groups in total. The summed E-state index contributed by atoms with van der Waals surface area (Å²) in [5.74, 6) is 1.29. The Morgan fingerprint density at radius 1 is 1.00 bits per heavy atom. The van der Waals surface area contributed by atoms with E-state index >= 15 is 0 Å². The molecule has 0 aliphatic heterocycles. The van der Waals surface area contributed by atoms with E-state index in [1.54, 1.807) is 25.3 Å². The largest absolute Gasteiger partial charge is 0.495 e. The van der Waals surface area contributed by atoms with Crippen LogP contribution in [0.4, 0.5) is 0 Å². The van der Waals surface area contributed by atoms with Gasteiger partial charge in [0.25, 0.3) is 0 Å². The zero-order valence-electron chi connectivity index (χ0n) is 15.7. The minimum absolute atomic E-state index is 0.410. The third-order valence-corrected chi connectivity index (χ3v) is 5.59. The van der Waals surface area contributed by atoms with Gasteiger partial charge in [0.15, 0.2) is 5.65 Å². The molecule has 0 saturated heterocycles. The third kappa shape index (κ3) is 3.37. The summed E-state index contributed by atoms with van der Waals surface area (Å²) in [5, 5.41) is 1.44. The van der Waals surface area contributed by atoms with Crippen LogP contribution in [0.3, 0.4) is 0 Å². The van der Waals surface area contributed by atoms with Crippen molar-refractivity contribution in [2.24, 2.45) is 0 Å². The van der Waals surface area contributed by atoms with Crippen molar-refractivity contribution in [2.45, 2.75) is 6.42 Å². The number of fused-ring (bicyclic) bond motifs is 2. The first kappa shape index (κ1) is 19.2. The van der Waals surface area contributed by atoms with E-state index in [4.69, 9.17) is 44.5 Å². The molecule has 0 aliphatic rings. The second-order valence-electron chi connectivity index (χ2n) is 6.70. The van der Waals surface area contributed by atoms with Crippen LogP contribution in [0.1, 0.15) is 11.5 Å². The number of rotatable bonds is 4. The molecular formula is C21H14Cl3N5O. The highest BCUT2D eigenvalue weighted by atomic mass is 35.5. The molecular weight excluding hydrogens is 445 g/mol. The quantitative estimate of drug-likeness (QED) is 0.344. The lowest BCUT2D eigenvalue weighted by molar-refractivity contribution is 0.415. The van der Waals surface area contributed by atoms with E-state index in [0.717, 1.165) is 33.9 Å². The molecule has 0 amide bonds. The van der Waals surface area contributed by atoms with E-state index in [2.05, 4.69) is 15.0 Å². The molecule has 0 bridgehead atoms. The lowest BCUT2D eigenvalue weighted by Crippen LogP contribution is -1.93. The molecule has 5 rings (SSSR count). The van der Waals surface area contributed by atoms with Gasteiger partial charge in [0.1, 0.15) is 22.4 Å². The van der Waals surface area contributed by atoms with Crippen LogP contribution >= 0.6 is 34.8 Å². The lowest BCUT2D eigenvalue weighted by atomic mass is 10.1. The maximum atomic E-state index is 6.50. The molecule has 1 aromatic carbocycles. The summed E-state index contributed by atoms with van der Waals surface area (Å²) >= 11 is 18.8. The minimum atomic E-state index is 0.410. The Bertz CT molecular complexity index is 1410.